The molecule has 1 aliphatic carbocycles. The van der Waals surface area contributed by atoms with Gasteiger partial charge >= 0.3 is 0 Å². The number of nitrogens with zero attached hydrogens (tertiary/aromatic N) is 2. The van der Waals surface area contributed by atoms with Crippen molar-refractivity contribution in [2.24, 2.45) is 5.92 Å². The van der Waals surface area contributed by atoms with Crippen molar-refractivity contribution in [2.45, 2.75) is 52.0 Å². The molecule has 2 nitrogen and oxygen atoms in total. The summed E-state index contributed by atoms with van der Waals surface area (Å²) in [5, 5.41) is 0. The van der Waals surface area contributed by atoms with Crippen molar-refractivity contribution >= 4 is 17.3 Å². The predicted octanol–water partition coefficient (Wildman–Crippen LogP) is 4.14. The van der Waals surface area contributed by atoms with Gasteiger partial charge in [-0.25, -0.2) is 0 Å². The van der Waals surface area contributed by atoms with E-state index in [9.17, 15) is 0 Å². The SMILES string of the molecule is Cc1cc(N(CCC(C)C)C2CC2)c(CCl)cn1. The Hall–Kier alpha value is -0.760. The maximum Gasteiger partial charge on any atom is 0.0509 e. The highest BCUT2D eigenvalue weighted by Gasteiger charge is 2.30. The molecule has 0 aromatic carbocycles. The number of anilines is 1. The topological polar surface area (TPSA) is 16.1 Å². The van der Waals surface area contributed by atoms with Gasteiger partial charge in [0.1, 0.15) is 0 Å². The van der Waals surface area contributed by atoms with Crippen LogP contribution in [0, 0.1) is 12.8 Å². The third-order valence-electron chi connectivity index (χ3n) is 3.49. The van der Waals surface area contributed by atoms with E-state index in [4.69, 9.17) is 11.6 Å². The van der Waals surface area contributed by atoms with Gasteiger partial charge in [0.05, 0.1) is 5.88 Å². The summed E-state index contributed by atoms with van der Waals surface area (Å²) in [6.45, 7) is 7.75. The zero-order valence-corrected chi connectivity index (χ0v) is 12.4. The molecule has 18 heavy (non-hydrogen) atoms. The molecule has 0 bridgehead atoms. The average Bonchev–Trinajstić information content (AvgIpc) is 3.14. The van der Waals surface area contributed by atoms with Crippen LogP contribution < -0.4 is 4.90 Å². The lowest BCUT2D eigenvalue weighted by Gasteiger charge is -2.27. The van der Waals surface area contributed by atoms with E-state index >= 15 is 0 Å². The van der Waals surface area contributed by atoms with Crippen LogP contribution in [0.3, 0.4) is 0 Å². The van der Waals surface area contributed by atoms with Gasteiger partial charge in [-0.2, -0.15) is 0 Å². The van der Waals surface area contributed by atoms with Crippen LogP contribution in [0.15, 0.2) is 12.3 Å². The van der Waals surface area contributed by atoms with Crippen molar-refractivity contribution in [1.29, 1.82) is 0 Å². The number of halogens is 1. The van der Waals surface area contributed by atoms with Crippen molar-refractivity contribution in [3.05, 3.63) is 23.5 Å². The number of aromatic nitrogens is 1. The summed E-state index contributed by atoms with van der Waals surface area (Å²) in [5.41, 5.74) is 3.55. The monoisotopic (exact) mass is 266 g/mol. The molecule has 0 spiro atoms. The quantitative estimate of drug-likeness (QED) is 0.720. The Bertz CT molecular complexity index is 399. The number of rotatable bonds is 6. The Morgan fingerprint density at radius 1 is 1.44 bits per heavy atom. The molecule has 0 radical (unpaired) electrons. The van der Waals surface area contributed by atoms with Gasteiger partial charge in [-0.15, -0.1) is 11.6 Å². The largest absolute Gasteiger partial charge is 0.368 e. The zero-order chi connectivity index (χ0) is 13.1. The molecular weight excluding hydrogens is 244 g/mol. The van der Waals surface area contributed by atoms with Crippen LogP contribution in [0.4, 0.5) is 5.69 Å². The smallest absolute Gasteiger partial charge is 0.0509 e. The van der Waals surface area contributed by atoms with Gasteiger partial charge in [0, 0.05) is 35.7 Å². The van der Waals surface area contributed by atoms with E-state index in [1.165, 1.54) is 24.9 Å². The fraction of sp³-hybridized carbons (Fsp3) is 0.667. The molecule has 100 valence electrons. The van der Waals surface area contributed by atoms with Crippen LogP contribution in [0.5, 0.6) is 0 Å². The Kier molecular flexibility index (Phi) is 4.50. The summed E-state index contributed by atoms with van der Waals surface area (Å²) in [7, 11) is 0. The highest BCUT2D eigenvalue weighted by molar-refractivity contribution is 6.17. The normalized spacial score (nSPS) is 15.2. The Morgan fingerprint density at radius 2 is 2.17 bits per heavy atom. The van der Waals surface area contributed by atoms with Crippen LogP contribution in [0.2, 0.25) is 0 Å². The highest BCUT2D eigenvalue weighted by Crippen LogP contribution is 2.34. The van der Waals surface area contributed by atoms with Gasteiger partial charge in [0.25, 0.3) is 0 Å². The van der Waals surface area contributed by atoms with Gasteiger partial charge in [0.2, 0.25) is 0 Å². The third-order valence-corrected chi connectivity index (χ3v) is 3.77. The molecule has 1 fully saturated rings. The molecule has 1 heterocycles. The number of hydrogen-bond donors (Lipinski definition) is 0. The molecule has 3 heteroatoms. The summed E-state index contributed by atoms with van der Waals surface area (Å²) < 4.78 is 0. The first-order valence-corrected chi connectivity index (χ1v) is 7.43. The van der Waals surface area contributed by atoms with Crippen LogP contribution in [0.1, 0.15) is 44.4 Å². The first-order chi connectivity index (χ1) is 8.61. The molecule has 0 atom stereocenters. The van der Waals surface area contributed by atoms with Gasteiger partial charge in [-0.05, 0) is 38.2 Å². The molecule has 0 amide bonds. The van der Waals surface area contributed by atoms with E-state index in [2.05, 4.69) is 36.7 Å². The van der Waals surface area contributed by atoms with E-state index in [1.807, 2.05) is 6.20 Å². The zero-order valence-electron chi connectivity index (χ0n) is 11.6. The van der Waals surface area contributed by atoms with E-state index in [-0.39, 0.29) is 0 Å². The Labute approximate surface area is 115 Å². The van der Waals surface area contributed by atoms with Gasteiger partial charge in [-0.3, -0.25) is 4.98 Å². The standard InChI is InChI=1S/C15H23ClN2/c1-11(2)6-7-18(14-4-5-14)15-8-12(3)17-10-13(15)9-16/h8,10-11,14H,4-7,9H2,1-3H3. The summed E-state index contributed by atoms with van der Waals surface area (Å²) in [6.07, 6.45) is 5.81. The number of pyridine rings is 1. The van der Waals surface area contributed by atoms with E-state index < -0.39 is 0 Å². The summed E-state index contributed by atoms with van der Waals surface area (Å²) in [5.74, 6) is 1.29. The molecule has 2 rings (SSSR count). The van der Waals surface area contributed by atoms with Gasteiger partial charge in [-0.1, -0.05) is 13.8 Å². The fourth-order valence-electron chi connectivity index (χ4n) is 2.23. The average molecular weight is 267 g/mol. The second-order valence-electron chi connectivity index (χ2n) is 5.70. The van der Waals surface area contributed by atoms with Crippen molar-refractivity contribution < 1.29 is 0 Å². The molecular formula is C15H23ClN2. The van der Waals surface area contributed by atoms with E-state index in [1.54, 1.807) is 0 Å². The molecule has 1 saturated carbocycles. The minimum atomic E-state index is 0.549. The number of alkyl halides is 1. The Morgan fingerprint density at radius 3 is 2.72 bits per heavy atom. The first kappa shape index (κ1) is 13.7. The van der Waals surface area contributed by atoms with Crippen molar-refractivity contribution in [2.75, 3.05) is 11.4 Å². The predicted molar refractivity (Wildman–Crippen MR) is 78.4 cm³/mol. The number of hydrogen-bond acceptors (Lipinski definition) is 2. The van der Waals surface area contributed by atoms with Gasteiger partial charge < -0.3 is 4.90 Å². The summed E-state index contributed by atoms with van der Waals surface area (Å²) >= 11 is 6.05. The van der Waals surface area contributed by atoms with E-state index in [0.29, 0.717) is 5.88 Å². The maximum absolute atomic E-state index is 6.05. The van der Waals surface area contributed by atoms with Gasteiger partial charge in [0.15, 0.2) is 0 Å². The van der Waals surface area contributed by atoms with Crippen molar-refractivity contribution in [1.82, 2.24) is 4.98 Å². The van der Waals surface area contributed by atoms with Crippen LogP contribution in [-0.4, -0.2) is 17.6 Å². The third kappa shape index (κ3) is 3.38. The lowest BCUT2D eigenvalue weighted by molar-refractivity contribution is 0.570. The van der Waals surface area contributed by atoms with Crippen LogP contribution in [0.25, 0.3) is 0 Å². The van der Waals surface area contributed by atoms with Crippen molar-refractivity contribution in [3.63, 3.8) is 0 Å². The van der Waals surface area contributed by atoms with Crippen LogP contribution >= 0.6 is 11.6 Å². The maximum atomic E-state index is 6.05. The molecule has 1 aliphatic rings. The van der Waals surface area contributed by atoms with E-state index in [0.717, 1.165) is 29.8 Å². The lowest BCUT2D eigenvalue weighted by Crippen LogP contribution is -2.28. The first-order valence-electron chi connectivity index (χ1n) is 6.90. The minimum absolute atomic E-state index is 0.549. The Balaban J connectivity index is 2.21. The summed E-state index contributed by atoms with van der Waals surface area (Å²) in [4.78, 5) is 6.90. The molecule has 0 N–H and O–H groups in total. The fourth-order valence-corrected chi connectivity index (χ4v) is 2.43. The molecule has 1 aromatic rings. The summed E-state index contributed by atoms with van der Waals surface area (Å²) in [6, 6.07) is 2.92. The van der Waals surface area contributed by atoms with Crippen molar-refractivity contribution in [3.8, 4) is 0 Å². The highest BCUT2D eigenvalue weighted by atomic mass is 35.5. The molecule has 0 saturated heterocycles. The second kappa shape index (κ2) is 5.92. The van der Waals surface area contributed by atoms with Crippen LogP contribution in [-0.2, 0) is 5.88 Å². The number of aryl methyl sites for hydroxylation is 1. The minimum Gasteiger partial charge on any atom is -0.368 e. The molecule has 0 unspecified atom stereocenters. The second-order valence-corrected chi connectivity index (χ2v) is 5.96. The lowest BCUT2D eigenvalue weighted by atomic mass is 10.1. The molecule has 1 aromatic heterocycles. The molecule has 0 aliphatic heterocycles.